The van der Waals surface area contributed by atoms with Crippen LogP contribution in [0.15, 0.2) is 60.7 Å². The van der Waals surface area contributed by atoms with Crippen LogP contribution in [0.1, 0.15) is 36.6 Å². The van der Waals surface area contributed by atoms with Crippen LogP contribution in [0.2, 0.25) is 0 Å². The number of hydrogen-bond acceptors (Lipinski definition) is 6. The summed E-state index contributed by atoms with van der Waals surface area (Å²) in [5.74, 6) is 1.15. The monoisotopic (exact) mass is 404 g/mol. The molecule has 0 aliphatic carbocycles. The number of aromatic amines is 1. The fourth-order valence-electron chi connectivity index (χ4n) is 2.73. The van der Waals surface area contributed by atoms with E-state index >= 15 is 0 Å². The number of carbonyl (C=O) groups excluding carboxylic acids is 1. The molecule has 2 N–H and O–H groups in total. The zero-order chi connectivity index (χ0) is 21.2. The summed E-state index contributed by atoms with van der Waals surface area (Å²) in [6.07, 6.45) is 1.48. The molecule has 0 radical (unpaired) electrons. The second-order valence-corrected chi connectivity index (χ2v) is 6.15. The zero-order valence-electron chi connectivity index (χ0n) is 17.0. The molecule has 0 bridgehead atoms. The second kappa shape index (κ2) is 10.7. The van der Waals surface area contributed by atoms with Gasteiger partial charge in [-0.2, -0.15) is 5.21 Å². The fraction of sp³-hybridized carbons (Fsp3) is 0.227. The molecule has 1 amide bonds. The van der Waals surface area contributed by atoms with E-state index in [1.54, 1.807) is 18.2 Å². The molecule has 0 saturated carbocycles. The highest BCUT2D eigenvalue weighted by Gasteiger charge is 2.09. The van der Waals surface area contributed by atoms with Crippen LogP contribution in [0.4, 0.5) is 5.69 Å². The molecule has 2 aromatic heterocycles. The van der Waals surface area contributed by atoms with Crippen LogP contribution in [-0.2, 0) is 6.42 Å². The maximum absolute atomic E-state index is 12.4. The standard InChI is InChI=1S/C20H18N6O2.C2H6/c27-20(18-12-7-14-4-1-2-5-17(14)22-18)21-15-8-10-16(11-9-15)28-13-3-6-19-23-25-26-24-19;1-2/h1-2,4-5,7-12H,3,6,13H2,(H,21,27)(H,23,24,25,26);1-2H3. The number of anilines is 1. The summed E-state index contributed by atoms with van der Waals surface area (Å²) in [6, 6.07) is 18.5. The van der Waals surface area contributed by atoms with Gasteiger partial charge in [-0.3, -0.25) is 4.79 Å². The molecule has 4 rings (SSSR count). The van der Waals surface area contributed by atoms with E-state index in [1.807, 2.05) is 56.3 Å². The largest absolute Gasteiger partial charge is 0.494 e. The van der Waals surface area contributed by atoms with E-state index in [4.69, 9.17) is 4.74 Å². The number of rotatable bonds is 7. The number of amides is 1. The third kappa shape index (κ3) is 5.60. The molecular weight excluding hydrogens is 380 g/mol. The minimum atomic E-state index is -0.250. The molecule has 30 heavy (non-hydrogen) atoms. The normalized spacial score (nSPS) is 10.2. The van der Waals surface area contributed by atoms with Crippen LogP contribution in [0, 0.1) is 0 Å². The smallest absolute Gasteiger partial charge is 0.274 e. The van der Waals surface area contributed by atoms with Crippen molar-refractivity contribution in [3.05, 3.63) is 72.2 Å². The van der Waals surface area contributed by atoms with Crippen molar-refractivity contribution < 1.29 is 9.53 Å². The predicted octanol–water partition coefficient (Wildman–Crippen LogP) is 4.04. The Bertz CT molecular complexity index is 1060. The van der Waals surface area contributed by atoms with Crippen LogP contribution in [0.3, 0.4) is 0 Å². The van der Waals surface area contributed by atoms with Gasteiger partial charge in [0, 0.05) is 17.5 Å². The number of ether oxygens (including phenoxy) is 1. The predicted molar refractivity (Wildman–Crippen MR) is 115 cm³/mol. The van der Waals surface area contributed by atoms with E-state index in [0.29, 0.717) is 30.2 Å². The van der Waals surface area contributed by atoms with E-state index in [9.17, 15) is 4.79 Å². The van der Waals surface area contributed by atoms with Crippen LogP contribution >= 0.6 is 0 Å². The van der Waals surface area contributed by atoms with Crippen molar-refractivity contribution in [2.24, 2.45) is 0 Å². The zero-order valence-corrected chi connectivity index (χ0v) is 17.0. The topological polar surface area (TPSA) is 106 Å². The van der Waals surface area contributed by atoms with Crippen molar-refractivity contribution in [3.8, 4) is 5.75 Å². The number of fused-ring (bicyclic) bond motifs is 1. The summed E-state index contributed by atoms with van der Waals surface area (Å²) < 4.78 is 5.69. The van der Waals surface area contributed by atoms with Crippen LogP contribution in [-0.4, -0.2) is 38.1 Å². The maximum atomic E-state index is 12.4. The first-order chi connectivity index (χ1) is 14.8. The van der Waals surface area contributed by atoms with E-state index in [1.165, 1.54) is 0 Å². The van der Waals surface area contributed by atoms with Gasteiger partial charge in [0.25, 0.3) is 5.91 Å². The summed E-state index contributed by atoms with van der Waals surface area (Å²) in [5, 5.41) is 17.6. The maximum Gasteiger partial charge on any atom is 0.274 e. The van der Waals surface area contributed by atoms with Gasteiger partial charge in [0.15, 0.2) is 5.82 Å². The fourth-order valence-corrected chi connectivity index (χ4v) is 2.73. The molecule has 8 nitrogen and oxygen atoms in total. The highest BCUT2D eigenvalue weighted by Crippen LogP contribution is 2.17. The number of aromatic nitrogens is 5. The summed E-state index contributed by atoms with van der Waals surface area (Å²) in [6.45, 7) is 4.54. The van der Waals surface area contributed by atoms with E-state index < -0.39 is 0 Å². The number of H-pyrrole nitrogens is 1. The average molecular weight is 404 g/mol. The van der Waals surface area contributed by atoms with Crippen molar-refractivity contribution in [1.82, 2.24) is 25.6 Å². The summed E-state index contributed by atoms with van der Waals surface area (Å²) in [4.78, 5) is 16.8. The Hall–Kier alpha value is -3.81. The Morgan fingerprint density at radius 3 is 2.60 bits per heavy atom. The highest BCUT2D eigenvalue weighted by molar-refractivity contribution is 6.04. The summed E-state index contributed by atoms with van der Waals surface area (Å²) in [5.41, 5.74) is 1.85. The second-order valence-electron chi connectivity index (χ2n) is 6.15. The van der Waals surface area contributed by atoms with Crippen molar-refractivity contribution in [1.29, 1.82) is 0 Å². The Morgan fingerprint density at radius 1 is 1.03 bits per heavy atom. The summed E-state index contributed by atoms with van der Waals surface area (Å²) in [7, 11) is 0. The lowest BCUT2D eigenvalue weighted by Crippen LogP contribution is -2.13. The molecular formula is C22H24N6O2. The number of tetrazole rings is 1. The van der Waals surface area contributed by atoms with E-state index in [-0.39, 0.29) is 5.91 Å². The molecule has 0 atom stereocenters. The van der Waals surface area contributed by atoms with Crippen molar-refractivity contribution in [3.63, 3.8) is 0 Å². The average Bonchev–Trinajstić information content (AvgIpc) is 3.32. The number of nitrogens with zero attached hydrogens (tertiary/aromatic N) is 4. The molecule has 2 aromatic carbocycles. The first-order valence-electron chi connectivity index (χ1n) is 9.90. The number of aryl methyl sites for hydroxylation is 1. The van der Waals surface area contributed by atoms with E-state index in [2.05, 4.69) is 30.9 Å². The molecule has 8 heteroatoms. The minimum Gasteiger partial charge on any atom is -0.494 e. The first-order valence-corrected chi connectivity index (χ1v) is 9.90. The Kier molecular flexibility index (Phi) is 7.43. The Labute approximate surface area is 174 Å². The summed E-state index contributed by atoms with van der Waals surface area (Å²) >= 11 is 0. The molecule has 0 aliphatic heterocycles. The number of hydrogen-bond donors (Lipinski definition) is 2. The van der Waals surface area contributed by atoms with Crippen molar-refractivity contribution in [2.75, 3.05) is 11.9 Å². The van der Waals surface area contributed by atoms with Crippen molar-refractivity contribution >= 4 is 22.5 Å². The highest BCUT2D eigenvalue weighted by atomic mass is 16.5. The van der Waals surface area contributed by atoms with Gasteiger partial charge in [0.1, 0.15) is 11.4 Å². The van der Waals surface area contributed by atoms with Crippen molar-refractivity contribution in [2.45, 2.75) is 26.7 Å². The SMILES string of the molecule is CC.O=C(Nc1ccc(OCCCc2nn[nH]n2)cc1)c1ccc2ccccc2n1. The molecule has 0 saturated heterocycles. The quantitative estimate of drug-likeness (QED) is 0.450. The van der Waals surface area contributed by atoms with Gasteiger partial charge < -0.3 is 10.1 Å². The van der Waals surface area contributed by atoms with Gasteiger partial charge in [-0.05, 0) is 42.8 Å². The van der Waals surface area contributed by atoms with E-state index in [0.717, 1.165) is 23.1 Å². The van der Waals surface area contributed by atoms with Gasteiger partial charge in [0.2, 0.25) is 0 Å². The van der Waals surface area contributed by atoms with Crippen LogP contribution in [0.5, 0.6) is 5.75 Å². The Morgan fingerprint density at radius 2 is 1.83 bits per heavy atom. The number of pyridine rings is 1. The van der Waals surface area contributed by atoms with Crippen LogP contribution in [0.25, 0.3) is 10.9 Å². The first kappa shape index (κ1) is 20.9. The van der Waals surface area contributed by atoms with Gasteiger partial charge in [-0.25, -0.2) is 4.98 Å². The third-order valence-electron chi connectivity index (χ3n) is 4.15. The molecule has 2 heterocycles. The molecule has 4 aromatic rings. The molecule has 0 unspecified atom stereocenters. The van der Waals surface area contributed by atoms with Gasteiger partial charge in [0.05, 0.1) is 12.1 Å². The molecule has 0 spiro atoms. The molecule has 0 aliphatic rings. The Balaban J connectivity index is 0.00000124. The van der Waals surface area contributed by atoms with Gasteiger partial charge >= 0.3 is 0 Å². The number of carbonyl (C=O) groups is 1. The lowest BCUT2D eigenvalue weighted by molar-refractivity contribution is 0.102. The van der Waals surface area contributed by atoms with Gasteiger partial charge in [-0.1, -0.05) is 43.3 Å². The molecule has 0 fully saturated rings. The number of para-hydroxylation sites is 1. The molecule has 154 valence electrons. The number of benzene rings is 2. The lowest BCUT2D eigenvalue weighted by Gasteiger charge is -2.08. The van der Waals surface area contributed by atoms with Gasteiger partial charge in [-0.15, -0.1) is 10.2 Å². The third-order valence-corrected chi connectivity index (χ3v) is 4.15. The minimum absolute atomic E-state index is 0.250. The van der Waals surface area contributed by atoms with Crippen LogP contribution < -0.4 is 10.1 Å². The lowest BCUT2D eigenvalue weighted by atomic mass is 10.2. The number of nitrogens with one attached hydrogen (secondary N) is 2.